The summed E-state index contributed by atoms with van der Waals surface area (Å²) in [5, 5.41) is 4.96. The highest BCUT2D eigenvalue weighted by Crippen LogP contribution is 2.24. The van der Waals surface area contributed by atoms with Crippen LogP contribution in [0.2, 0.25) is 10.0 Å². The normalized spacial score (nSPS) is 12.7. The second-order valence-electron chi connectivity index (χ2n) is 4.42. The fraction of sp³-hybridized carbons (Fsp3) is 0.571. The molecule has 1 N–H and O–H groups in total. The zero-order valence-corrected chi connectivity index (χ0v) is 12.1. The zero-order chi connectivity index (χ0) is 12.7. The van der Waals surface area contributed by atoms with Gasteiger partial charge in [-0.3, -0.25) is 0 Å². The van der Waals surface area contributed by atoms with E-state index in [9.17, 15) is 0 Å². The molecule has 0 aliphatic rings. The summed E-state index contributed by atoms with van der Waals surface area (Å²) in [5.41, 5.74) is 1.20. The summed E-state index contributed by atoms with van der Waals surface area (Å²) in [6.07, 6.45) is 3.36. The van der Waals surface area contributed by atoms with Crippen LogP contribution in [0.15, 0.2) is 18.2 Å². The first-order valence-corrected chi connectivity index (χ1v) is 7.07. The number of rotatable bonds is 7. The molecule has 96 valence electrons. The van der Waals surface area contributed by atoms with Gasteiger partial charge in [0, 0.05) is 10.0 Å². The van der Waals surface area contributed by atoms with E-state index in [1.54, 1.807) is 0 Å². The molecule has 0 aliphatic carbocycles. The highest BCUT2D eigenvalue weighted by molar-refractivity contribution is 6.35. The molecule has 1 atom stereocenters. The van der Waals surface area contributed by atoms with Crippen LogP contribution in [-0.4, -0.2) is 13.1 Å². The van der Waals surface area contributed by atoms with Crippen LogP contribution in [0.3, 0.4) is 0 Å². The minimum Gasteiger partial charge on any atom is -0.316 e. The van der Waals surface area contributed by atoms with Crippen LogP contribution in [0.1, 0.15) is 32.3 Å². The van der Waals surface area contributed by atoms with E-state index < -0.39 is 0 Å². The summed E-state index contributed by atoms with van der Waals surface area (Å²) >= 11 is 12.1. The zero-order valence-electron chi connectivity index (χ0n) is 10.6. The first-order valence-electron chi connectivity index (χ1n) is 6.32. The molecular formula is C14H21Cl2N. The number of benzene rings is 1. The van der Waals surface area contributed by atoms with Gasteiger partial charge in [0.1, 0.15) is 0 Å². The Kier molecular flexibility index (Phi) is 6.94. The topological polar surface area (TPSA) is 12.0 Å². The lowest BCUT2D eigenvalue weighted by atomic mass is 9.97. The minimum atomic E-state index is 0.639. The molecule has 1 rings (SSSR count). The van der Waals surface area contributed by atoms with Gasteiger partial charge in [0.05, 0.1) is 0 Å². The smallest absolute Gasteiger partial charge is 0.0452 e. The van der Waals surface area contributed by atoms with Crippen LogP contribution in [0.4, 0.5) is 0 Å². The predicted octanol–water partition coefficient (Wildman–Crippen LogP) is 4.56. The Hall–Kier alpha value is -0.240. The maximum absolute atomic E-state index is 6.19. The molecule has 1 aromatic carbocycles. The van der Waals surface area contributed by atoms with Crippen molar-refractivity contribution in [1.82, 2.24) is 5.32 Å². The van der Waals surface area contributed by atoms with Crippen molar-refractivity contribution in [1.29, 1.82) is 0 Å². The standard InChI is InChI=1S/C14H21Cl2N/c1-3-7-17-10-11(4-2)8-12-5-6-13(15)9-14(12)16/h5-6,9,11,17H,3-4,7-8,10H2,1-2H3. The third-order valence-electron chi connectivity index (χ3n) is 2.96. The fourth-order valence-corrected chi connectivity index (χ4v) is 2.33. The predicted molar refractivity (Wildman–Crippen MR) is 77.1 cm³/mol. The van der Waals surface area contributed by atoms with Crippen LogP contribution in [-0.2, 0) is 6.42 Å². The summed E-state index contributed by atoms with van der Waals surface area (Å²) in [5.74, 6) is 0.639. The largest absolute Gasteiger partial charge is 0.316 e. The van der Waals surface area contributed by atoms with Crippen molar-refractivity contribution in [2.45, 2.75) is 33.1 Å². The van der Waals surface area contributed by atoms with Gasteiger partial charge in [-0.25, -0.2) is 0 Å². The molecule has 0 fully saturated rings. The lowest BCUT2D eigenvalue weighted by Gasteiger charge is -2.16. The maximum atomic E-state index is 6.19. The molecule has 3 heteroatoms. The van der Waals surface area contributed by atoms with E-state index in [-0.39, 0.29) is 0 Å². The molecular weight excluding hydrogens is 253 g/mol. The van der Waals surface area contributed by atoms with Crippen molar-refractivity contribution in [2.75, 3.05) is 13.1 Å². The summed E-state index contributed by atoms with van der Waals surface area (Å²) in [6, 6.07) is 5.77. The van der Waals surface area contributed by atoms with Crippen molar-refractivity contribution in [3.8, 4) is 0 Å². The van der Waals surface area contributed by atoms with Gasteiger partial charge < -0.3 is 5.32 Å². The average molecular weight is 274 g/mol. The van der Waals surface area contributed by atoms with Crippen LogP contribution >= 0.6 is 23.2 Å². The number of halogens is 2. The Labute approximate surface area is 115 Å². The molecule has 1 aromatic rings. The van der Waals surface area contributed by atoms with Crippen molar-refractivity contribution in [3.05, 3.63) is 33.8 Å². The maximum Gasteiger partial charge on any atom is 0.0452 e. The van der Waals surface area contributed by atoms with E-state index in [2.05, 4.69) is 19.2 Å². The molecule has 0 aromatic heterocycles. The van der Waals surface area contributed by atoms with Gasteiger partial charge in [-0.1, -0.05) is 49.5 Å². The van der Waals surface area contributed by atoms with Gasteiger partial charge >= 0.3 is 0 Å². The second-order valence-corrected chi connectivity index (χ2v) is 5.26. The Morgan fingerprint density at radius 1 is 1.24 bits per heavy atom. The Balaban J connectivity index is 2.54. The molecule has 0 saturated heterocycles. The SMILES string of the molecule is CCCNCC(CC)Cc1ccc(Cl)cc1Cl. The molecule has 0 bridgehead atoms. The summed E-state index contributed by atoms with van der Waals surface area (Å²) in [7, 11) is 0. The van der Waals surface area contributed by atoms with Crippen LogP contribution < -0.4 is 5.32 Å². The van der Waals surface area contributed by atoms with Crippen LogP contribution in [0, 0.1) is 5.92 Å². The van der Waals surface area contributed by atoms with Gasteiger partial charge in [-0.05, 0) is 49.5 Å². The van der Waals surface area contributed by atoms with E-state index >= 15 is 0 Å². The lowest BCUT2D eigenvalue weighted by Crippen LogP contribution is -2.24. The summed E-state index contributed by atoms with van der Waals surface area (Å²) in [6.45, 7) is 6.56. The van der Waals surface area contributed by atoms with Gasteiger partial charge in [0.2, 0.25) is 0 Å². The van der Waals surface area contributed by atoms with E-state index in [0.29, 0.717) is 10.9 Å². The first kappa shape index (κ1) is 14.8. The Morgan fingerprint density at radius 3 is 2.59 bits per heavy atom. The first-order chi connectivity index (χ1) is 8.17. The van der Waals surface area contributed by atoms with E-state index in [0.717, 1.165) is 31.0 Å². The molecule has 0 aliphatic heterocycles. The number of hydrogen-bond acceptors (Lipinski definition) is 1. The third kappa shape index (κ3) is 5.29. The molecule has 1 nitrogen and oxygen atoms in total. The van der Waals surface area contributed by atoms with Gasteiger partial charge in [0.25, 0.3) is 0 Å². The molecule has 0 radical (unpaired) electrons. The van der Waals surface area contributed by atoms with Crippen LogP contribution in [0.5, 0.6) is 0 Å². The van der Waals surface area contributed by atoms with Gasteiger partial charge in [0.15, 0.2) is 0 Å². The van der Waals surface area contributed by atoms with Crippen LogP contribution in [0.25, 0.3) is 0 Å². The second kappa shape index (κ2) is 7.97. The van der Waals surface area contributed by atoms with Crippen molar-refractivity contribution < 1.29 is 0 Å². The molecule has 0 heterocycles. The van der Waals surface area contributed by atoms with E-state index in [1.165, 1.54) is 12.0 Å². The Morgan fingerprint density at radius 2 is 2.00 bits per heavy atom. The summed E-state index contributed by atoms with van der Waals surface area (Å²) in [4.78, 5) is 0. The van der Waals surface area contributed by atoms with Crippen molar-refractivity contribution >= 4 is 23.2 Å². The third-order valence-corrected chi connectivity index (χ3v) is 3.55. The molecule has 0 spiro atoms. The molecule has 0 saturated carbocycles. The van der Waals surface area contributed by atoms with Gasteiger partial charge in [-0.2, -0.15) is 0 Å². The van der Waals surface area contributed by atoms with E-state index in [4.69, 9.17) is 23.2 Å². The fourth-order valence-electron chi connectivity index (χ4n) is 1.84. The average Bonchev–Trinajstić information content (AvgIpc) is 2.31. The summed E-state index contributed by atoms with van der Waals surface area (Å²) < 4.78 is 0. The van der Waals surface area contributed by atoms with Crippen molar-refractivity contribution in [2.24, 2.45) is 5.92 Å². The van der Waals surface area contributed by atoms with Gasteiger partial charge in [-0.15, -0.1) is 0 Å². The minimum absolute atomic E-state index is 0.639. The molecule has 1 unspecified atom stereocenters. The quantitative estimate of drug-likeness (QED) is 0.718. The lowest BCUT2D eigenvalue weighted by molar-refractivity contribution is 0.460. The molecule has 17 heavy (non-hydrogen) atoms. The van der Waals surface area contributed by atoms with E-state index in [1.807, 2.05) is 18.2 Å². The number of nitrogens with one attached hydrogen (secondary N) is 1. The Bertz CT molecular complexity index is 339. The number of hydrogen-bond donors (Lipinski definition) is 1. The highest BCUT2D eigenvalue weighted by atomic mass is 35.5. The molecule has 0 amide bonds. The van der Waals surface area contributed by atoms with Crippen molar-refractivity contribution in [3.63, 3.8) is 0 Å². The monoisotopic (exact) mass is 273 g/mol. The highest BCUT2D eigenvalue weighted by Gasteiger charge is 2.09.